The second kappa shape index (κ2) is 2.82. The maximum atomic E-state index is 5.35. The van der Waals surface area contributed by atoms with E-state index in [-0.39, 0.29) is 0 Å². The molecular formula is CH4Cl3NSn. The Bertz CT molecular complexity index is 40.5. The third-order valence-corrected chi connectivity index (χ3v) is 5.70. The van der Waals surface area contributed by atoms with Crippen LogP contribution in [0.2, 0.25) is 0 Å². The molecule has 0 amide bonds. The van der Waals surface area contributed by atoms with Gasteiger partial charge in [0.25, 0.3) is 0 Å². The minimum atomic E-state index is -3.06. The van der Waals surface area contributed by atoms with Gasteiger partial charge in [-0.2, -0.15) is 0 Å². The average molecular weight is 255 g/mol. The SMILES string of the molecule is C[NH][Sn]([Cl])([Cl])[Cl]. The van der Waals surface area contributed by atoms with Crippen LogP contribution >= 0.6 is 26.8 Å². The molecule has 0 aromatic carbocycles. The summed E-state index contributed by atoms with van der Waals surface area (Å²) >= 11 is -3.06. The Morgan fingerprint density at radius 2 is 1.50 bits per heavy atom. The first-order valence-electron chi connectivity index (χ1n) is 1.32. The van der Waals surface area contributed by atoms with Crippen LogP contribution in [-0.2, 0) is 0 Å². The summed E-state index contributed by atoms with van der Waals surface area (Å²) in [5.41, 5.74) is 0. The van der Waals surface area contributed by atoms with E-state index in [4.69, 9.17) is 26.8 Å². The molecule has 6 heavy (non-hydrogen) atoms. The molecule has 5 heteroatoms. The molecule has 0 atom stereocenters. The monoisotopic (exact) mass is 255 g/mol. The van der Waals surface area contributed by atoms with Gasteiger partial charge in [0.2, 0.25) is 0 Å². The number of halogens is 3. The van der Waals surface area contributed by atoms with E-state index in [1.165, 1.54) is 0 Å². The summed E-state index contributed by atoms with van der Waals surface area (Å²) in [6.45, 7) is 0. The van der Waals surface area contributed by atoms with Crippen LogP contribution in [0.5, 0.6) is 0 Å². The van der Waals surface area contributed by atoms with Gasteiger partial charge in [-0.15, -0.1) is 0 Å². The summed E-state index contributed by atoms with van der Waals surface area (Å²) in [7, 11) is 17.7. The molecule has 0 aliphatic carbocycles. The fourth-order valence-electron chi connectivity index (χ4n) is 0. The number of hydrogen-bond donors (Lipinski definition) is 1. The summed E-state index contributed by atoms with van der Waals surface area (Å²) < 4.78 is 2.61. The zero-order chi connectivity index (χ0) is 5.21. The first kappa shape index (κ1) is 7.63. The molecule has 0 fully saturated rings. The molecule has 0 aliphatic heterocycles. The number of nitrogens with one attached hydrogen (secondary N) is 1. The van der Waals surface area contributed by atoms with E-state index in [9.17, 15) is 0 Å². The predicted molar refractivity (Wildman–Crippen MR) is 32.4 cm³/mol. The van der Waals surface area contributed by atoms with Crippen molar-refractivity contribution in [2.24, 2.45) is 0 Å². The molecule has 0 saturated carbocycles. The summed E-state index contributed by atoms with van der Waals surface area (Å²) in [5.74, 6) is 0. The molecule has 38 valence electrons. The van der Waals surface area contributed by atoms with Crippen LogP contribution < -0.4 is 3.54 Å². The topological polar surface area (TPSA) is 12.0 Å². The Labute approximate surface area is 52.3 Å². The van der Waals surface area contributed by atoms with Crippen molar-refractivity contribution < 1.29 is 0 Å². The molecule has 1 N–H and O–H groups in total. The molecule has 0 bridgehead atoms. The van der Waals surface area contributed by atoms with Crippen molar-refractivity contribution in [1.29, 1.82) is 0 Å². The van der Waals surface area contributed by atoms with Gasteiger partial charge in [-0.1, -0.05) is 0 Å². The van der Waals surface area contributed by atoms with Crippen molar-refractivity contribution in [3.05, 3.63) is 0 Å². The number of rotatable bonds is 1. The van der Waals surface area contributed by atoms with Gasteiger partial charge in [-0.3, -0.25) is 0 Å². The predicted octanol–water partition coefficient (Wildman–Crippen LogP) is 1.36. The Hall–Kier alpha value is 1.63. The van der Waals surface area contributed by atoms with Crippen molar-refractivity contribution in [3.63, 3.8) is 0 Å². The van der Waals surface area contributed by atoms with Gasteiger partial charge in [0.15, 0.2) is 0 Å². The van der Waals surface area contributed by atoms with E-state index in [2.05, 4.69) is 3.54 Å². The molecule has 0 heterocycles. The Morgan fingerprint density at radius 1 is 1.33 bits per heavy atom. The van der Waals surface area contributed by atoms with Crippen molar-refractivity contribution in [2.75, 3.05) is 7.05 Å². The third-order valence-electron chi connectivity index (χ3n) is 0.283. The van der Waals surface area contributed by atoms with Gasteiger partial charge >= 0.3 is 52.6 Å². The molecular weight excluding hydrogens is 251 g/mol. The minimum absolute atomic E-state index is 1.66. The van der Waals surface area contributed by atoms with Crippen molar-refractivity contribution >= 4 is 42.0 Å². The van der Waals surface area contributed by atoms with Crippen molar-refractivity contribution in [2.45, 2.75) is 0 Å². The van der Waals surface area contributed by atoms with Crippen LogP contribution in [-0.4, -0.2) is 22.3 Å². The fraction of sp³-hybridized carbons (Fsp3) is 1.00. The summed E-state index contributed by atoms with van der Waals surface area (Å²) in [5, 5.41) is 0. The summed E-state index contributed by atoms with van der Waals surface area (Å²) in [6, 6.07) is 0. The molecule has 0 rings (SSSR count). The van der Waals surface area contributed by atoms with Crippen molar-refractivity contribution in [1.82, 2.24) is 3.54 Å². The zero-order valence-electron chi connectivity index (χ0n) is 3.13. The van der Waals surface area contributed by atoms with E-state index in [1.807, 2.05) is 0 Å². The maximum absolute atomic E-state index is 5.35. The van der Waals surface area contributed by atoms with Gasteiger partial charge in [-0.25, -0.2) is 0 Å². The normalized spacial score (nSPS) is 12.0. The Kier molecular flexibility index (Phi) is 3.59. The van der Waals surface area contributed by atoms with Crippen LogP contribution in [0.15, 0.2) is 0 Å². The van der Waals surface area contributed by atoms with E-state index in [0.29, 0.717) is 0 Å². The molecule has 0 unspecified atom stereocenters. The summed E-state index contributed by atoms with van der Waals surface area (Å²) in [6.07, 6.45) is 0. The van der Waals surface area contributed by atoms with Gasteiger partial charge in [0.1, 0.15) is 0 Å². The van der Waals surface area contributed by atoms with Gasteiger partial charge in [0.05, 0.1) is 0 Å². The fourth-order valence-corrected chi connectivity index (χ4v) is 0. The second-order valence-electron chi connectivity index (χ2n) is 0.748. The van der Waals surface area contributed by atoms with Gasteiger partial charge in [-0.05, 0) is 0 Å². The first-order valence-corrected chi connectivity index (χ1v) is 13.6. The standard InChI is InChI=1S/CH4N.3ClH.Sn/c1-2;;;;/h2H,1H3;3*1H;/q-1;;;;+4/p-3. The quantitative estimate of drug-likeness (QED) is 0.697. The first-order chi connectivity index (χ1) is 2.56. The Morgan fingerprint density at radius 3 is 1.50 bits per heavy atom. The van der Waals surface area contributed by atoms with Crippen LogP contribution in [0, 0.1) is 0 Å². The number of hydrogen-bond acceptors (Lipinski definition) is 1. The van der Waals surface area contributed by atoms with Crippen LogP contribution in [0.4, 0.5) is 0 Å². The van der Waals surface area contributed by atoms with Gasteiger partial charge in [0, 0.05) is 0 Å². The average Bonchev–Trinajstić information content (AvgIpc) is 1.35. The van der Waals surface area contributed by atoms with Gasteiger partial charge < -0.3 is 0 Å². The third kappa shape index (κ3) is 5.63. The van der Waals surface area contributed by atoms with E-state index in [1.54, 1.807) is 7.05 Å². The van der Waals surface area contributed by atoms with E-state index >= 15 is 0 Å². The molecule has 0 saturated heterocycles. The van der Waals surface area contributed by atoms with E-state index < -0.39 is 15.3 Å². The molecule has 0 radical (unpaired) electrons. The Balaban J connectivity index is 3.17. The molecule has 0 aliphatic rings. The molecule has 0 aromatic heterocycles. The van der Waals surface area contributed by atoms with Crippen LogP contribution in [0.25, 0.3) is 0 Å². The zero-order valence-corrected chi connectivity index (χ0v) is 8.26. The van der Waals surface area contributed by atoms with Crippen molar-refractivity contribution in [3.8, 4) is 0 Å². The van der Waals surface area contributed by atoms with E-state index in [0.717, 1.165) is 0 Å². The van der Waals surface area contributed by atoms with Crippen LogP contribution in [0.3, 0.4) is 0 Å². The molecule has 1 nitrogen and oxygen atoms in total. The molecule has 0 aromatic rings. The summed E-state index contributed by atoms with van der Waals surface area (Å²) in [4.78, 5) is 0. The second-order valence-corrected chi connectivity index (χ2v) is 20.3. The van der Waals surface area contributed by atoms with Crippen LogP contribution in [0.1, 0.15) is 0 Å². The molecule has 0 spiro atoms.